The Morgan fingerprint density at radius 2 is 0.891 bits per heavy atom. The van der Waals surface area contributed by atoms with Crippen LogP contribution in [0.15, 0.2) is 12.1 Å². The smallest absolute Gasteiger partial charge is 0.317 e. The van der Waals surface area contributed by atoms with Crippen LogP contribution in [-0.4, -0.2) is 35.8 Å². The minimum Gasteiger partial charge on any atom is -0.426 e. The molecule has 0 bridgehead atoms. The number of aryl methyl sites for hydroxylation is 2. The fourth-order valence-corrected chi connectivity index (χ4v) is 7.71. The monoisotopic (exact) mass is 630 g/mol. The summed E-state index contributed by atoms with van der Waals surface area (Å²) in [5, 5.41) is 0. The molecule has 4 aliphatic rings. The Hall–Kier alpha value is -4.34. The molecule has 0 amide bonds. The molecule has 2 aromatic carbocycles. The van der Waals surface area contributed by atoms with E-state index < -0.39 is 71.3 Å². The summed E-state index contributed by atoms with van der Waals surface area (Å²) in [5.74, 6) is -5.06. The van der Waals surface area contributed by atoms with Gasteiger partial charge in [0.15, 0.2) is 0 Å². The molecular weight excluding hydrogens is 592 g/mol. The second-order valence-electron chi connectivity index (χ2n) is 13.4. The molecule has 4 fully saturated rings. The molecule has 2 aromatic rings. The van der Waals surface area contributed by atoms with Gasteiger partial charge >= 0.3 is 35.8 Å². The first-order valence-corrected chi connectivity index (χ1v) is 15.9. The molecule has 0 N–H and O–H groups in total. The summed E-state index contributed by atoms with van der Waals surface area (Å²) in [4.78, 5) is 74.5. The third-order valence-electron chi connectivity index (χ3n) is 10.7. The van der Waals surface area contributed by atoms with Crippen LogP contribution in [0.3, 0.4) is 0 Å². The van der Waals surface area contributed by atoms with Crippen molar-refractivity contribution >= 4 is 35.8 Å². The summed E-state index contributed by atoms with van der Waals surface area (Å²) < 4.78 is 21.5. The minimum absolute atomic E-state index is 0.242. The molecule has 0 spiro atoms. The van der Waals surface area contributed by atoms with Gasteiger partial charge in [-0.05, 0) is 137 Å². The Morgan fingerprint density at radius 1 is 0.543 bits per heavy atom. The van der Waals surface area contributed by atoms with Crippen LogP contribution in [0.5, 0.6) is 11.5 Å². The van der Waals surface area contributed by atoms with E-state index in [1.54, 1.807) is 0 Å². The molecule has 6 atom stereocenters. The van der Waals surface area contributed by atoms with Crippen molar-refractivity contribution in [1.82, 2.24) is 0 Å². The fraction of sp³-hybridized carbons (Fsp3) is 0.500. The van der Waals surface area contributed by atoms with E-state index in [4.69, 9.17) is 18.9 Å². The summed E-state index contributed by atoms with van der Waals surface area (Å²) in [6.07, 6.45) is 2.25. The maximum Gasteiger partial charge on any atom is 0.317 e. The van der Waals surface area contributed by atoms with Crippen LogP contribution in [-0.2, 0) is 38.2 Å². The van der Waals surface area contributed by atoms with E-state index in [1.165, 1.54) is 0 Å². The zero-order chi connectivity index (χ0) is 33.2. The lowest BCUT2D eigenvalue weighted by Crippen LogP contribution is -2.33. The van der Waals surface area contributed by atoms with E-state index in [0.717, 1.165) is 44.5 Å². The summed E-state index contributed by atoms with van der Waals surface area (Å²) in [5.41, 5.74) is 6.99. The van der Waals surface area contributed by atoms with Gasteiger partial charge in [-0.15, -0.1) is 0 Å². The molecule has 0 radical (unpaired) electrons. The number of ether oxygens (including phenoxy) is 4. The normalized spacial score (nSPS) is 27.1. The number of carbonyl (C=O) groups is 6. The van der Waals surface area contributed by atoms with Crippen molar-refractivity contribution in [2.75, 3.05) is 0 Å². The predicted molar refractivity (Wildman–Crippen MR) is 162 cm³/mol. The third-order valence-corrected chi connectivity index (χ3v) is 10.7. The highest BCUT2D eigenvalue weighted by Gasteiger charge is 2.50. The van der Waals surface area contributed by atoms with Crippen molar-refractivity contribution in [2.45, 2.75) is 80.1 Å². The molecule has 242 valence electrons. The lowest BCUT2D eigenvalue weighted by Gasteiger charge is -2.27. The first-order valence-electron chi connectivity index (χ1n) is 15.9. The number of rotatable bonds is 5. The lowest BCUT2D eigenvalue weighted by atomic mass is 9.75. The zero-order valence-corrected chi connectivity index (χ0v) is 26.9. The van der Waals surface area contributed by atoms with Crippen molar-refractivity contribution in [2.24, 2.45) is 35.5 Å². The van der Waals surface area contributed by atoms with Crippen LogP contribution in [0.1, 0.15) is 71.9 Å². The summed E-state index contributed by atoms with van der Waals surface area (Å²) in [6.45, 7) is 11.5. The third kappa shape index (κ3) is 5.31. The van der Waals surface area contributed by atoms with Crippen molar-refractivity contribution in [3.05, 3.63) is 45.5 Å². The first kappa shape index (κ1) is 31.6. The van der Waals surface area contributed by atoms with Gasteiger partial charge in [-0.1, -0.05) is 0 Å². The van der Waals surface area contributed by atoms with Gasteiger partial charge in [-0.3, -0.25) is 28.8 Å². The van der Waals surface area contributed by atoms with E-state index >= 15 is 0 Å². The molecule has 10 nitrogen and oxygen atoms in total. The van der Waals surface area contributed by atoms with E-state index in [9.17, 15) is 28.8 Å². The topological polar surface area (TPSA) is 139 Å². The number of cyclic esters (lactones) is 4. The molecule has 2 saturated heterocycles. The maximum atomic E-state index is 13.2. The highest BCUT2D eigenvalue weighted by molar-refractivity contribution is 5.98. The van der Waals surface area contributed by atoms with Gasteiger partial charge in [0.05, 0.1) is 35.5 Å². The SMILES string of the molecule is Cc1cc(-c2cc(C)c(OC(=O)C3CCC4C(=O)OC(=O)C4C3)c(C)c2C)c(C)c(C)c1OC(=O)C1CCC2C(=O)OC(=O)C2C1. The van der Waals surface area contributed by atoms with E-state index in [2.05, 4.69) is 0 Å². The van der Waals surface area contributed by atoms with Gasteiger partial charge in [0, 0.05) is 0 Å². The van der Waals surface area contributed by atoms with Crippen molar-refractivity contribution in [1.29, 1.82) is 0 Å². The number of carbonyl (C=O) groups excluding carboxylic acids is 6. The van der Waals surface area contributed by atoms with Crippen molar-refractivity contribution < 1.29 is 47.7 Å². The molecule has 0 aromatic heterocycles. The number of hydrogen-bond donors (Lipinski definition) is 0. The Bertz CT molecular complexity index is 1590. The molecule has 6 unspecified atom stereocenters. The first-order chi connectivity index (χ1) is 21.8. The van der Waals surface area contributed by atoms with Gasteiger partial charge in [-0.2, -0.15) is 0 Å². The van der Waals surface area contributed by atoms with Gasteiger partial charge in [-0.25, -0.2) is 0 Å². The molecule has 2 heterocycles. The Morgan fingerprint density at radius 3 is 1.26 bits per heavy atom. The second-order valence-corrected chi connectivity index (χ2v) is 13.4. The molecule has 2 aliphatic heterocycles. The van der Waals surface area contributed by atoms with Crippen LogP contribution in [0, 0.1) is 77.0 Å². The molecule has 2 saturated carbocycles. The summed E-state index contributed by atoms with van der Waals surface area (Å²) in [6, 6.07) is 3.98. The van der Waals surface area contributed by atoms with Crippen molar-refractivity contribution in [3.63, 3.8) is 0 Å². The molecule has 10 heteroatoms. The van der Waals surface area contributed by atoms with Gasteiger partial charge < -0.3 is 18.9 Å². The predicted octanol–water partition coefficient (Wildman–Crippen LogP) is 5.25. The summed E-state index contributed by atoms with van der Waals surface area (Å²) >= 11 is 0. The lowest BCUT2D eigenvalue weighted by molar-refractivity contribution is -0.155. The van der Waals surface area contributed by atoms with Crippen molar-refractivity contribution in [3.8, 4) is 22.6 Å². The van der Waals surface area contributed by atoms with Crippen LogP contribution >= 0.6 is 0 Å². The standard InChI is InChI=1S/C36H38O10/c1-15-11-25(17(3)19(5)29(15)43-31(37)21-7-9-23-27(13-21)35(41)45-33(23)39)26-12-16(2)30(20(6)18(26)4)44-32(38)22-8-10-24-28(14-22)36(42)46-34(24)40/h11-12,21-24,27-28H,7-10,13-14H2,1-6H3. The van der Waals surface area contributed by atoms with Gasteiger partial charge in [0.2, 0.25) is 0 Å². The van der Waals surface area contributed by atoms with E-state index in [1.807, 2.05) is 53.7 Å². The minimum atomic E-state index is -0.589. The Kier molecular flexibility index (Phi) is 8.11. The molecular formula is C36H38O10. The van der Waals surface area contributed by atoms with Gasteiger partial charge in [0.25, 0.3) is 0 Å². The Balaban J connectivity index is 1.20. The van der Waals surface area contributed by atoms with Crippen LogP contribution in [0.4, 0.5) is 0 Å². The fourth-order valence-electron chi connectivity index (χ4n) is 7.71. The quantitative estimate of drug-likeness (QED) is 0.245. The zero-order valence-electron chi connectivity index (χ0n) is 26.9. The van der Waals surface area contributed by atoms with Gasteiger partial charge in [0.1, 0.15) is 11.5 Å². The van der Waals surface area contributed by atoms with E-state index in [-0.39, 0.29) is 12.8 Å². The number of hydrogen-bond acceptors (Lipinski definition) is 10. The molecule has 2 aliphatic carbocycles. The highest BCUT2D eigenvalue weighted by atomic mass is 16.6. The number of benzene rings is 2. The maximum absolute atomic E-state index is 13.2. The molecule has 46 heavy (non-hydrogen) atoms. The Labute approximate surface area is 267 Å². The average molecular weight is 631 g/mol. The highest BCUT2D eigenvalue weighted by Crippen LogP contribution is 2.44. The number of fused-ring (bicyclic) bond motifs is 2. The van der Waals surface area contributed by atoms with Crippen LogP contribution in [0.25, 0.3) is 11.1 Å². The van der Waals surface area contributed by atoms with Crippen LogP contribution < -0.4 is 9.47 Å². The van der Waals surface area contributed by atoms with Crippen LogP contribution in [0.2, 0.25) is 0 Å². The molecule has 6 rings (SSSR count). The second kappa shape index (κ2) is 11.8. The number of esters is 6. The largest absolute Gasteiger partial charge is 0.426 e. The average Bonchev–Trinajstić information content (AvgIpc) is 3.48. The van der Waals surface area contributed by atoms with E-state index in [0.29, 0.717) is 37.2 Å². The summed E-state index contributed by atoms with van der Waals surface area (Å²) in [7, 11) is 0.